The van der Waals surface area contributed by atoms with Crippen molar-refractivity contribution >= 4 is 26.3 Å². The van der Waals surface area contributed by atoms with Gasteiger partial charge in [-0.05, 0) is 11.8 Å². The third kappa shape index (κ3) is 5.31. The molecule has 0 fully saturated rings. The SMILES string of the molecule is COP(=O)(O)OOP(O)(=S)OC. The summed E-state index contributed by atoms with van der Waals surface area (Å²) in [5.41, 5.74) is 0. The van der Waals surface area contributed by atoms with Crippen LogP contribution in [0.15, 0.2) is 0 Å². The molecule has 0 aliphatic heterocycles. The van der Waals surface area contributed by atoms with E-state index in [-0.39, 0.29) is 0 Å². The Kier molecular flexibility index (Phi) is 5.01. The summed E-state index contributed by atoms with van der Waals surface area (Å²) < 4.78 is 26.5. The van der Waals surface area contributed by atoms with Gasteiger partial charge in [-0.15, -0.1) is 9.35 Å². The van der Waals surface area contributed by atoms with E-state index in [0.29, 0.717) is 0 Å². The minimum Gasteiger partial charge on any atom is -0.323 e. The lowest BCUT2D eigenvalue weighted by Crippen LogP contribution is -1.94. The molecule has 74 valence electrons. The fraction of sp³-hybridized carbons (Fsp3) is 1.00. The molecule has 0 rings (SSSR count). The molecule has 2 atom stereocenters. The molecule has 0 aromatic carbocycles. The van der Waals surface area contributed by atoms with Crippen molar-refractivity contribution in [3.05, 3.63) is 0 Å². The molecule has 2 N–H and O–H groups in total. The van der Waals surface area contributed by atoms with Gasteiger partial charge in [0.1, 0.15) is 0 Å². The summed E-state index contributed by atoms with van der Waals surface area (Å²) in [5.74, 6) is 0. The molecule has 0 spiro atoms. The second kappa shape index (κ2) is 4.76. The van der Waals surface area contributed by atoms with E-state index in [1.165, 1.54) is 0 Å². The van der Waals surface area contributed by atoms with Crippen LogP contribution in [0.25, 0.3) is 0 Å². The molecule has 2 unspecified atom stereocenters. The fourth-order valence-corrected chi connectivity index (χ4v) is 1.19. The zero-order valence-corrected chi connectivity index (χ0v) is 8.84. The first kappa shape index (κ1) is 12.6. The predicted octanol–water partition coefficient (Wildman–Crippen LogP) is 0.545. The van der Waals surface area contributed by atoms with Crippen LogP contribution in [0.5, 0.6) is 0 Å². The Balaban J connectivity index is 4.00. The Hall–Kier alpha value is 0.640. The summed E-state index contributed by atoms with van der Waals surface area (Å²) in [4.78, 5) is 17.4. The first-order chi connectivity index (χ1) is 5.33. The zero-order valence-electron chi connectivity index (χ0n) is 6.24. The van der Waals surface area contributed by atoms with Gasteiger partial charge in [-0.1, -0.05) is 0 Å². The molecule has 10 heteroatoms. The molecule has 0 saturated heterocycles. The van der Waals surface area contributed by atoms with Crippen LogP contribution in [0.4, 0.5) is 0 Å². The monoisotopic (exact) mass is 238 g/mol. The van der Waals surface area contributed by atoms with Gasteiger partial charge in [0.2, 0.25) is 0 Å². The quantitative estimate of drug-likeness (QED) is 0.407. The minimum absolute atomic E-state index is 0.928. The van der Waals surface area contributed by atoms with Gasteiger partial charge in [0, 0.05) is 14.2 Å². The van der Waals surface area contributed by atoms with Crippen LogP contribution in [0.3, 0.4) is 0 Å². The molecule has 0 aromatic rings. The largest absolute Gasteiger partial charge is 0.499 e. The van der Waals surface area contributed by atoms with Gasteiger partial charge < -0.3 is 14.3 Å². The maximum absolute atomic E-state index is 10.5. The van der Waals surface area contributed by atoms with Crippen molar-refractivity contribution in [3.8, 4) is 0 Å². The van der Waals surface area contributed by atoms with E-state index in [1.54, 1.807) is 0 Å². The highest BCUT2D eigenvalue weighted by Gasteiger charge is 2.25. The van der Waals surface area contributed by atoms with E-state index in [0.717, 1.165) is 14.2 Å². The van der Waals surface area contributed by atoms with Crippen molar-refractivity contribution in [1.82, 2.24) is 0 Å². The Bertz CT molecular complexity index is 203. The van der Waals surface area contributed by atoms with Crippen LogP contribution in [-0.2, 0) is 34.8 Å². The molecule has 0 bridgehead atoms. The van der Waals surface area contributed by atoms with Gasteiger partial charge in [0.05, 0.1) is 0 Å². The molecule has 0 aliphatic rings. The molecule has 0 aliphatic carbocycles. The van der Waals surface area contributed by atoms with Crippen LogP contribution >= 0.6 is 14.5 Å². The predicted molar refractivity (Wildman–Crippen MR) is 42.5 cm³/mol. The standard InChI is InChI=1S/C2H8O7P2S/c1-6-10(3,4)8-9-11(5,12)7-2/h1-2H3,(H,3,4)(H,5,12). The van der Waals surface area contributed by atoms with Gasteiger partial charge in [-0.25, -0.2) is 4.57 Å². The normalized spacial score (nSPS) is 21.3. The fourth-order valence-electron chi connectivity index (χ4n) is 0.145. The second-order valence-electron chi connectivity index (χ2n) is 1.45. The highest BCUT2D eigenvalue weighted by Crippen LogP contribution is 2.51. The van der Waals surface area contributed by atoms with E-state index in [2.05, 4.69) is 30.2 Å². The van der Waals surface area contributed by atoms with Crippen LogP contribution in [0.1, 0.15) is 0 Å². The van der Waals surface area contributed by atoms with Crippen molar-refractivity contribution in [1.29, 1.82) is 0 Å². The molecule has 0 amide bonds. The Labute approximate surface area is 74.0 Å². The number of phosphoric acid groups is 1. The molecule has 0 saturated carbocycles. The number of hydrogen-bond donors (Lipinski definition) is 2. The second-order valence-corrected chi connectivity index (χ2v) is 5.74. The Morgan fingerprint density at radius 1 is 1.17 bits per heavy atom. The average molecular weight is 238 g/mol. The summed E-state index contributed by atoms with van der Waals surface area (Å²) in [6, 6.07) is 0. The van der Waals surface area contributed by atoms with Crippen molar-refractivity contribution in [3.63, 3.8) is 0 Å². The lowest BCUT2D eigenvalue weighted by atomic mass is 11.8. The molecule has 0 aromatic heterocycles. The first-order valence-corrected chi connectivity index (χ1v) is 6.56. The van der Waals surface area contributed by atoms with Crippen molar-refractivity contribution < 1.29 is 32.7 Å². The van der Waals surface area contributed by atoms with E-state index < -0.39 is 14.5 Å². The van der Waals surface area contributed by atoms with E-state index in [4.69, 9.17) is 9.79 Å². The molecule has 0 heterocycles. The summed E-state index contributed by atoms with van der Waals surface area (Å²) in [7, 11) is -2.29. The molecular formula is C2H8O7P2S. The highest BCUT2D eigenvalue weighted by molar-refractivity contribution is 8.07. The van der Waals surface area contributed by atoms with Gasteiger partial charge in [0.15, 0.2) is 0 Å². The van der Waals surface area contributed by atoms with Gasteiger partial charge in [-0.2, -0.15) is 0 Å². The van der Waals surface area contributed by atoms with Crippen molar-refractivity contribution in [2.75, 3.05) is 14.2 Å². The van der Waals surface area contributed by atoms with Crippen LogP contribution in [-0.4, -0.2) is 24.0 Å². The number of rotatable bonds is 5. The third-order valence-corrected chi connectivity index (χ3v) is 2.88. The summed E-state index contributed by atoms with van der Waals surface area (Å²) in [6.45, 7) is -3.58. The smallest absolute Gasteiger partial charge is 0.323 e. The van der Waals surface area contributed by atoms with E-state index in [1.807, 2.05) is 0 Å². The first-order valence-electron chi connectivity index (χ1n) is 2.48. The lowest BCUT2D eigenvalue weighted by molar-refractivity contribution is -0.136. The minimum atomic E-state index is -4.28. The van der Waals surface area contributed by atoms with Crippen LogP contribution < -0.4 is 0 Å². The molecular weight excluding hydrogens is 230 g/mol. The van der Waals surface area contributed by atoms with Crippen LogP contribution in [0, 0.1) is 0 Å². The lowest BCUT2D eigenvalue weighted by Gasteiger charge is -2.12. The Morgan fingerprint density at radius 3 is 2.00 bits per heavy atom. The van der Waals surface area contributed by atoms with Crippen molar-refractivity contribution in [2.24, 2.45) is 0 Å². The maximum atomic E-state index is 10.5. The third-order valence-electron chi connectivity index (χ3n) is 0.683. The number of phosphoric ester groups is 1. The van der Waals surface area contributed by atoms with E-state index >= 15 is 0 Å². The van der Waals surface area contributed by atoms with Crippen LogP contribution in [0.2, 0.25) is 0 Å². The topological polar surface area (TPSA) is 94.5 Å². The van der Waals surface area contributed by atoms with Gasteiger partial charge in [0.25, 0.3) is 0 Å². The van der Waals surface area contributed by atoms with Gasteiger partial charge in [-0.3, -0.25) is 4.52 Å². The summed E-state index contributed by atoms with van der Waals surface area (Å²) in [6.07, 6.45) is 0. The number of hydrogen-bond acceptors (Lipinski definition) is 6. The molecule has 7 nitrogen and oxygen atoms in total. The highest BCUT2D eigenvalue weighted by atomic mass is 32.5. The zero-order chi connectivity index (χ0) is 9.83. The average Bonchev–Trinajstić information content (AvgIpc) is 2.02. The van der Waals surface area contributed by atoms with E-state index in [9.17, 15) is 4.57 Å². The molecule has 0 radical (unpaired) electrons. The Morgan fingerprint density at radius 2 is 1.67 bits per heavy atom. The summed E-state index contributed by atoms with van der Waals surface area (Å²) >= 11 is 4.27. The van der Waals surface area contributed by atoms with Crippen molar-refractivity contribution in [2.45, 2.75) is 0 Å². The van der Waals surface area contributed by atoms with Gasteiger partial charge >= 0.3 is 14.5 Å². The maximum Gasteiger partial charge on any atom is 0.499 e. The summed E-state index contributed by atoms with van der Waals surface area (Å²) in [5, 5.41) is 0. The molecule has 12 heavy (non-hydrogen) atoms.